The molecule has 36 heavy (non-hydrogen) atoms. The van der Waals surface area contributed by atoms with Crippen molar-refractivity contribution in [3.8, 4) is 11.1 Å². The molecule has 1 atom stereocenters. The summed E-state index contributed by atoms with van der Waals surface area (Å²) in [5, 5.41) is 9.94. The van der Waals surface area contributed by atoms with Crippen LogP contribution < -0.4 is 0 Å². The average molecular weight is 505 g/mol. The lowest BCUT2D eigenvalue weighted by molar-refractivity contribution is -0.169. The largest absolute Gasteiger partial charge is 0.461 e. The number of halogens is 3. The highest BCUT2D eigenvalue weighted by molar-refractivity contribution is 5.96. The molecule has 8 heteroatoms. The number of rotatable bonds is 10. The SMILES string of the molecule is CCCC(CCC)C(=O)OCC1(CO)C/C(=C\c2ccc(-c3ccc(C(F)(F)F)cc3)cc2)C(=O)O1. The Labute approximate surface area is 208 Å². The molecule has 1 N–H and O–H groups in total. The highest BCUT2D eigenvalue weighted by Gasteiger charge is 2.45. The fourth-order valence-electron chi connectivity index (χ4n) is 4.26. The van der Waals surface area contributed by atoms with Crippen LogP contribution in [0.2, 0.25) is 0 Å². The van der Waals surface area contributed by atoms with Crippen LogP contribution in [-0.4, -0.2) is 35.9 Å². The lowest BCUT2D eigenvalue weighted by atomic mass is 9.96. The van der Waals surface area contributed by atoms with Crippen LogP contribution in [0.5, 0.6) is 0 Å². The Hall–Kier alpha value is -3.13. The molecule has 2 aromatic carbocycles. The van der Waals surface area contributed by atoms with Crippen LogP contribution >= 0.6 is 0 Å². The summed E-state index contributed by atoms with van der Waals surface area (Å²) < 4.78 is 49.2. The fraction of sp³-hybridized carbons (Fsp3) is 0.429. The first-order valence-corrected chi connectivity index (χ1v) is 12.1. The van der Waals surface area contributed by atoms with E-state index in [1.54, 1.807) is 30.3 Å². The van der Waals surface area contributed by atoms with E-state index < -0.39 is 29.9 Å². The molecule has 0 aromatic heterocycles. The van der Waals surface area contributed by atoms with Crippen LogP contribution in [-0.2, 0) is 25.2 Å². The Morgan fingerprint density at radius 2 is 1.61 bits per heavy atom. The van der Waals surface area contributed by atoms with E-state index >= 15 is 0 Å². The van der Waals surface area contributed by atoms with Gasteiger partial charge in [-0.3, -0.25) is 4.79 Å². The average Bonchev–Trinajstić information content (AvgIpc) is 3.18. The first-order chi connectivity index (χ1) is 17.1. The molecular weight excluding hydrogens is 473 g/mol. The number of benzene rings is 2. The van der Waals surface area contributed by atoms with Crippen LogP contribution in [0.4, 0.5) is 13.2 Å². The summed E-state index contributed by atoms with van der Waals surface area (Å²) in [6.45, 7) is 3.29. The molecule has 3 rings (SSSR count). The second-order valence-electron chi connectivity index (χ2n) is 9.16. The van der Waals surface area contributed by atoms with Crippen LogP contribution in [0, 0.1) is 5.92 Å². The van der Waals surface area contributed by atoms with Crippen molar-refractivity contribution in [2.75, 3.05) is 13.2 Å². The Morgan fingerprint density at radius 1 is 1.06 bits per heavy atom. The molecule has 1 heterocycles. The number of carbonyl (C=O) groups is 2. The minimum atomic E-state index is -4.39. The summed E-state index contributed by atoms with van der Waals surface area (Å²) in [6.07, 6.45) is 0.462. The third kappa shape index (κ3) is 6.75. The molecule has 0 amide bonds. The van der Waals surface area contributed by atoms with Gasteiger partial charge >= 0.3 is 18.1 Å². The standard InChI is InChI=1S/C28H31F3O5/c1-3-5-22(6-4-2)25(33)35-18-27(17-32)16-23(26(34)36-27)15-19-7-9-20(10-8-19)21-11-13-24(14-12-21)28(29,30)31/h7-15,22,32H,3-6,16-18H2,1-2H3/b23-15+. The van der Waals surface area contributed by atoms with Gasteiger partial charge in [0.2, 0.25) is 0 Å². The molecule has 0 aliphatic carbocycles. The molecule has 1 fully saturated rings. The lowest BCUT2D eigenvalue weighted by Crippen LogP contribution is -2.40. The highest BCUT2D eigenvalue weighted by atomic mass is 19.4. The summed E-state index contributed by atoms with van der Waals surface area (Å²) in [5.74, 6) is -1.16. The number of ether oxygens (including phenoxy) is 2. The number of aliphatic hydroxyl groups excluding tert-OH is 1. The van der Waals surface area contributed by atoms with Crippen LogP contribution in [0.1, 0.15) is 57.1 Å². The second kappa shape index (κ2) is 11.7. The third-order valence-corrected chi connectivity index (χ3v) is 6.25. The highest BCUT2D eigenvalue weighted by Crippen LogP contribution is 2.34. The van der Waals surface area contributed by atoms with Crippen molar-refractivity contribution in [1.82, 2.24) is 0 Å². The van der Waals surface area contributed by atoms with E-state index in [1.807, 2.05) is 13.8 Å². The molecule has 0 radical (unpaired) electrons. The van der Waals surface area contributed by atoms with Crippen molar-refractivity contribution in [3.63, 3.8) is 0 Å². The molecule has 1 aliphatic heterocycles. The monoisotopic (exact) mass is 504 g/mol. The molecule has 0 saturated carbocycles. The summed E-state index contributed by atoms with van der Waals surface area (Å²) in [5.41, 5.74) is 0.354. The molecule has 1 saturated heterocycles. The first-order valence-electron chi connectivity index (χ1n) is 12.1. The topological polar surface area (TPSA) is 72.8 Å². The molecule has 5 nitrogen and oxygen atoms in total. The van der Waals surface area contributed by atoms with E-state index in [9.17, 15) is 27.9 Å². The van der Waals surface area contributed by atoms with Gasteiger partial charge in [-0.05, 0) is 47.7 Å². The second-order valence-corrected chi connectivity index (χ2v) is 9.16. The van der Waals surface area contributed by atoms with Gasteiger partial charge in [0.25, 0.3) is 0 Å². The Balaban J connectivity index is 1.68. The Bertz CT molecular complexity index is 1070. The molecule has 1 unspecified atom stereocenters. The quantitative estimate of drug-likeness (QED) is 0.308. The van der Waals surface area contributed by atoms with Gasteiger partial charge in [0.15, 0.2) is 5.60 Å². The zero-order valence-electron chi connectivity index (χ0n) is 20.4. The number of cyclic esters (lactones) is 1. The molecule has 194 valence electrons. The summed E-state index contributed by atoms with van der Waals surface area (Å²) >= 11 is 0. The van der Waals surface area contributed by atoms with Gasteiger partial charge < -0.3 is 14.6 Å². The van der Waals surface area contributed by atoms with Gasteiger partial charge in [-0.2, -0.15) is 13.2 Å². The minimum Gasteiger partial charge on any atom is -0.461 e. The Morgan fingerprint density at radius 3 is 2.11 bits per heavy atom. The molecular formula is C28H31F3O5. The maximum absolute atomic E-state index is 12.8. The maximum Gasteiger partial charge on any atom is 0.416 e. The van der Waals surface area contributed by atoms with E-state index in [2.05, 4.69) is 0 Å². The number of aliphatic hydroxyl groups is 1. The first kappa shape index (κ1) is 27.5. The minimum absolute atomic E-state index is 0.0858. The predicted octanol–water partition coefficient (Wildman–Crippen LogP) is 6.19. The van der Waals surface area contributed by atoms with Crippen molar-refractivity contribution in [3.05, 3.63) is 65.2 Å². The van der Waals surface area contributed by atoms with Gasteiger partial charge in [0.05, 0.1) is 18.1 Å². The zero-order chi connectivity index (χ0) is 26.3. The van der Waals surface area contributed by atoms with Crippen molar-refractivity contribution in [2.45, 2.75) is 57.7 Å². The molecule has 2 aromatic rings. The summed E-state index contributed by atoms with van der Waals surface area (Å²) in [6, 6.07) is 11.9. The number of carbonyl (C=O) groups excluding carboxylic acids is 2. The molecule has 0 spiro atoms. The van der Waals surface area contributed by atoms with Crippen LogP contribution in [0.15, 0.2) is 54.1 Å². The molecule has 0 bridgehead atoms. The fourth-order valence-corrected chi connectivity index (χ4v) is 4.26. The van der Waals surface area contributed by atoms with E-state index in [-0.39, 0.29) is 24.9 Å². The summed E-state index contributed by atoms with van der Waals surface area (Å²) in [7, 11) is 0. The van der Waals surface area contributed by atoms with E-state index in [1.165, 1.54) is 12.1 Å². The number of hydrogen-bond donors (Lipinski definition) is 1. The van der Waals surface area contributed by atoms with Crippen LogP contribution in [0.3, 0.4) is 0 Å². The summed E-state index contributed by atoms with van der Waals surface area (Å²) in [4.78, 5) is 25.0. The van der Waals surface area contributed by atoms with Crippen molar-refractivity contribution in [2.24, 2.45) is 5.92 Å². The van der Waals surface area contributed by atoms with E-state index in [0.29, 0.717) is 29.5 Å². The van der Waals surface area contributed by atoms with Crippen molar-refractivity contribution >= 4 is 18.0 Å². The Kier molecular flexibility index (Phi) is 8.95. The van der Waals surface area contributed by atoms with Gasteiger partial charge in [-0.25, -0.2) is 4.79 Å². The lowest BCUT2D eigenvalue weighted by Gasteiger charge is -2.25. The maximum atomic E-state index is 12.8. The number of alkyl halides is 3. The zero-order valence-corrected chi connectivity index (χ0v) is 20.4. The van der Waals surface area contributed by atoms with E-state index in [0.717, 1.165) is 30.5 Å². The van der Waals surface area contributed by atoms with Gasteiger partial charge in [-0.1, -0.05) is 63.1 Å². The smallest absolute Gasteiger partial charge is 0.416 e. The predicted molar refractivity (Wildman–Crippen MR) is 130 cm³/mol. The third-order valence-electron chi connectivity index (χ3n) is 6.25. The van der Waals surface area contributed by atoms with Gasteiger partial charge in [0, 0.05) is 12.0 Å². The van der Waals surface area contributed by atoms with Crippen LogP contribution in [0.25, 0.3) is 17.2 Å². The van der Waals surface area contributed by atoms with Gasteiger partial charge in [-0.15, -0.1) is 0 Å². The van der Waals surface area contributed by atoms with Crippen molar-refractivity contribution < 1.29 is 37.3 Å². The molecule has 1 aliphatic rings. The van der Waals surface area contributed by atoms with E-state index in [4.69, 9.17) is 9.47 Å². The number of hydrogen-bond acceptors (Lipinski definition) is 5. The normalized spacial score (nSPS) is 19.1. The number of esters is 2. The van der Waals surface area contributed by atoms with Crippen molar-refractivity contribution in [1.29, 1.82) is 0 Å². The van der Waals surface area contributed by atoms with Gasteiger partial charge in [0.1, 0.15) is 6.61 Å².